The van der Waals surface area contributed by atoms with Gasteiger partial charge in [-0.2, -0.15) is 0 Å². The van der Waals surface area contributed by atoms with Crippen LogP contribution in [0.3, 0.4) is 0 Å². The molecule has 0 spiro atoms. The minimum absolute atomic E-state index is 0.110. The zero-order valence-corrected chi connectivity index (χ0v) is 46.7. The fourth-order valence-electron chi connectivity index (χ4n) is 9.21. The summed E-state index contributed by atoms with van der Waals surface area (Å²) in [4.78, 5) is 36.7. The van der Waals surface area contributed by atoms with Gasteiger partial charge in [-0.1, -0.05) is 246 Å². The Bertz CT molecular complexity index is 1040. The lowest BCUT2D eigenvalue weighted by Gasteiger charge is -2.37. The molecule has 0 aromatic heterocycles. The van der Waals surface area contributed by atoms with Gasteiger partial charge in [0.2, 0.25) is 0 Å². The summed E-state index contributed by atoms with van der Waals surface area (Å²) in [5.74, 6) is 0.805. The SMILES string of the molecule is CCCCCCCCCCCCCC(=O)C1CC1.CCCCCCCCCCCCCCCCCC(=O)OCC(CC)(COC(=O)CCCCCCCCCCCCC)C[N+](C)(C)C.CCl. The standard InChI is InChI=1S/C41H82NO4.C17H32O.CH3Cl/c1-7-10-12-14-16-18-20-21-22-23-25-27-29-31-33-35-40(44)46-38-41(9-3,36-42(4,5)6)37-45-39(43)34-32-30-28-26-24-19-17-15-13-11-8-2;1-2-3-4-5-6-7-8-9-10-11-12-13-17(18)16-14-15-16;1-2/h7-38H2,1-6H3;16H,2-15H2,1H3;1H3/q+1;;. The van der Waals surface area contributed by atoms with Crippen molar-refractivity contribution in [2.45, 2.75) is 304 Å². The van der Waals surface area contributed by atoms with Crippen molar-refractivity contribution in [2.24, 2.45) is 11.3 Å². The molecule has 0 bridgehead atoms. The third kappa shape index (κ3) is 49.3. The Morgan fingerprint density at radius 1 is 0.409 bits per heavy atom. The maximum atomic E-state index is 12.6. The largest absolute Gasteiger partial charge is 0.465 e. The summed E-state index contributed by atoms with van der Waals surface area (Å²) in [7, 11) is 6.44. The van der Waals surface area contributed by atoms with Gasteiger partial charge < -0.3 is 14.0 Å². The lowest BCUT2D eigenvalue weighted by atomic mass is 9.85. The van der Waals surface area contributed by atoms with Gasteiger partial charge in [0.25, 0.3) is 0 Å². The molecule has 1 atom stereocenters. The van der Waals surface area contributed by atoms with Crippen molar-refractivity contribution in [1.29, 1.82) is 0 Å². The van der Waals surface area contributed by atoms with E-state index in [4.69, 9.17) is 9.47 Å². The lowest BCUT2D eigenvalue weighted by molar-refractivity contribution is -0.877. The summed E-state index contributed by atoms with van der Waals surface area (Å²) in [6.45, 7) is 10.4. The first-order valence-electron chi connectivity index (χ1n) is 29.0. The molecule has 0 saturated heterocycles. The average Bonchev–Trinajstić information content (AvgIpc) is 4.16. The van der Waals surface area contributed by atoms with E-state index in [9.17, 15) is 14.4 Å². The number of carbonyl (C=O) groups is 3. The van der Waals surface area contributed by atoms with Crippen molar-refractivity contribution in [3.8, 4) is 0 Å². The highest BCUT2D eigenvalue weighted by atomic mass is 35.5. The summed E-state index contributed by atoms with van der Waals surface area (Å²) < 4.78 is 12.4. The van der Waals surface area contributed by atoms with Crippen LogP contribution in [0.4, 0.5) is 0 Å². The summed E-state index contributed by atoms with van der Waals surface area (Å²) in [6, 6.07) is 0. The first-order chi connectivity index (χ1) is 32.0. The van der Waals surface area contributed by atoms with Crippen LogP contribution in [0.2, 0.25) is 0 Å². The Kier molecular flexibility index (Phi) is 51.0. The molecule has 1 rings (SSSR count). The molecule has 0 heterocycles. The maximum absolute atomic E-state index is 12.6. The number of hydrogen-bond donors (Lipinski definition) is 0. The molecule has 0 aliphatic heterocycles. The third-order valence-electron chi connectivity index (χ3n) is 13.7. The normalized spacial score (nSPS) is 13.3. The average molecular weight is 956 g/mol. The molecule has 0 N–H and O–H groups in total. The number of unbranched alkanes of at least 4 members (excludes halogenated alkanes) is 34. The van der Waals surface area contributed by atoms with Crippen LogP contribution in [0.1, 0.15) is 304 Å². The van der Waals surface area contributed by atoms with E-state index in [2.05, 4.69) is 60.4 Å². The van der Waals surface area contributed by atoms with Crippen LogP contribution in [0.25, 0.3) is 0 Å². The highest BCUT2D eigenvalue weighted by molar-refractivity contribution is 6.15. The van der Waals surface area contributed by atoms with Gasteiger partial charge in [0, 0.05) is 31.6 Å². The Labute approximate surface area is 418 Å². The molecule has 1 aliphatic carbocycles. The molecular formula is C59H117ClNO5+. The fourth-order valence-corrected chi connectivity index (χ4v) is 9.21. The van der Waals surface area contributed by atoms with Gasteiger partial charge in [-0.3, -0.25) is 14.4 Å². The Morgan fingerprint density at radius 3 is 0.879 bits per heavy atom. The predicted octanol–water partition coefficient (Wildman–Crippen LogP) is 18.7. The van der Waals surface area contributed by atoms with Crippen molar-refractivity contribution in [3.63, 3.8) is 0 Å². The molecule has 1 fully saturated rings. The number of alkyl halides is 1. The van der Waals surface area contributed by atoms with Crippen molar-refractivity contribution >= 4 is 29.3 Å². The molecule has 1 unspecified atom stereocenters. The number of quaternary nitrogens is 1. The number of ether oxygens (including phenoxy) is 2. The maximum Gasteiger partial charge on any atom is 0.305 e. The number of carbonyl (C=O) groups excluding carboxylic acids is 3. The number of halogens is 1. The topological polar surface area (TPSA) is 69.7 Å². The number of esters is 2. The van der Waals surface area contributed by atoms with E-state index in [1.165, 1.54) is 225 Å². The number of hydrogen-bond acceptors (Lipinski definition) is 5. The molecule has 66 heavy (non-hydrogen) atoms. The van der Waals surface area contributed by atoms with Crippen molar-refractivity contribution < 1.29 is 28.3 Å². The third-order valence-corrected chi connectivity index (χ3v) is 13.7. The van der Waals surface area contributed by atoms with Crippen LogP contribution in [0, 0.1) is 11.3 Å². The summed E-state index contributed by atoms with van der Waals surface area (Å²) in [6.07, 6.45) is 55.2. The van der Waals surface area contributed by atoms with Gasteiger partial charge in [0.05, 0.1) is 33.1 Å². The minimum atomic E-state index is -0.351. The van der Waals surface area contributed by atoms with E-state index in [0.29, 0.717) is 37.8 Å². The second kappa shape index (κ2) is 50.3. The fraction of sp³-hybridized carbons (Fsp3) is 0.949. The second-order valence-electron chi connectivity index (χ2n) is 21.6. The smallest absolute Gasteiger partial charge is 0.305 e. The number of nitrogens with zero attached hydrogens (tertiary/aromatic N) is 1. The first kappa shape index (κ1) is 66.9. The van der Waals surface area contributed by atoms with Crippen LogP contribution in [0.15, 0.2) is 0 Å². The summed E-state index contributed by atoms with van der Waals surface area (Å²) in [5.41, 5.74) is -0.351. The monoisotopic (exact) mass is 955 g/mol. The van der Waals surface area contributed by atoms with Gasteiger partial charge in [-0.25, -0.2) is 0 Å². The molecule has 0 radical (unpaired) electrons. The van der Waals surface area contributed by atoms with Crippen molar-refractivity contribution in [2.75, 3.05) is 47.3 Å². The van der Waals surface area contributed by atoms with E-state index in [1.54, 1.807) is 0 Å². The summed E-state index contributed by atoms with van der Waals surface area (Å²) >= 11 is 4.64. The molecule has 0 aromatic rings. The van der Waals surface area contributed by atoms with Crippen molar-refractivity contribution in [1.82, 2.24) is 0 Å². The molecule has 1 saturated carbocycles. The van der Waals surface area contributed by atoms with Gasteiger partial charge in [-0.15, -0.1) is 11.6 Å². The first-order valence-corrected chi connectivity index (χ1v) is 29.8. The van der Waals surface area contributed by atoms with Crippen LogP contribution < -0.4 is 0 Å². The molecule has 394 valence electrons. The Morgan fingerprint density at radius 2 is 0.652 bits per heavy atom. The van der Waals surface area contributed by atoms with E-state index in [0.717, 1.165) is 56.0 Å². The zero-order valence-electron chi connectivity index (χ0n) is 46.0. The molecule has 0 amide bonds. The van der Waals surface area contributed by atoms with Crippen molar-refractivity contribution in [3.05, 3.63) is 0 Å². The van der Waals surface area contributed by atoms with E-state index in [-0.39, 0.29) is 17.4 Å². The molecule has 6 nitrogen and oxygen atoms in total. The molecule has 7 heteroatoms. The quantitative estimate of drug-likeness (QED) is 0.0263. The van der Waals surface area contributed by atoms with Crippen LogP contribution >= 0.6 is 11.6 Å². The number of Topliss-reactive ketones (excluding diaryl/α,β-unsaturated/α-hetero) is 1. The summed E-state index contributed by atoms with van der Waals surface area (Å²) in [5, 5.41) is 0. The van der Waals surface area contributed by atoms with Crippen LogP contribution in [0.5, 0.6) is 0 Å². The molecular weight excluding hydrogens is 838 g/mol. The van der Waals surface area contributed by atoms with E-state index in [1.807, 2.05) is 0 Å². The van der Waals surface area contributed by atoms with E-state index >= 15 is 0 Å². The van der Waals surface area contributed by atoms with Crippen LogP contribution in [-0.4, -0.2) is 69.5 Å². The molecule has 0 aromatic carbocycles. The number of ketones is 1. The highest BCUT2D eigenvalue weighted by Gasteiger charge is 2.37. The lowest BCUT2D eigenvalue weighted by Crippen LogP contribution is -2.49. The zero-order chi connectivity index (χ0) is 49.3. The van der Waals surface area contributed by atoms with Gasteiger partial charge in [-0.05, 0) is 38.5 Å². The highest BCUT2D eigenvalue weighted by Crippen LogP contribution is 2.31. The predicted molar refractivity (Wildman–Crippen MR) is 289 cm³/mol. The van der Waals surface area contributed by atoms with Gasteiger partial charge >= 0.3 is 11.9 Å². The van der Waals surface area contributed by atoms with Crippen LogP contribution in [-0.2, 0) is 23.9 Å². The minimum Gasteiger partial charge on any atom is -0.465 e. The second-order valence-corrected chi connectivity index (χ2v) is 21.6. The Hall–Kier alpha value is -1.14. The number of rotatable bonds is 48. The van der Waals surface area contributed by atoms with E-state index < -0.39 is 0 Å². The van der Waals surface area contributed by atoms with Gasteiger partial charge in [0.1, 0.15) is 19.0 Å². The Balaban J connectivity index is 0. The molecule has 1 aliphatic rings. The van der Waals surface area contributed by atoms with Gasteiger partial charge in [0.15, 0.2) is 0 Å².